The minimum Gasteiger partial charge on any atom is -0.468 e. The molecule has 0 rings (SSSR count). The molecule has 2 unspecified atom stereocenters. The smallest absolute Gasteiger partial charge is 0.325 e. The fourth-order valence-corrected chi connectivity index (χ4v) is 1.84. The van der Waals surface area contributed by atoms with Crippen LogP contribution >= 0.6 is 0 Å². The van der Waals surface area contributed by atoms with E-state index in [1.807, 2.05) is 13.8 Å². The Labute approximate surface area is 122 Å². The SMILES string of the molecule is CNC(C)(CC(C)OCCCOCCOC)C(=O)OC. The summed E-state index contributed by atoms with van der Waals surface area (Å²) in [5, 5.41) is 2.99. The predicted octanol–water partition coefficient (Wildman–Crippen LogP) is 0.986. The largest absolute Gasteiger partial charge is 0.468 e. The fourth-order valence-electron chi connectivity index (χ4n) is 1.84. The van der Waals surface area contributed by atoms with Crippen molar-refractivity contribution in [3.63, 3.8) is 0 Å². The minimum absolute atomic E-state index is 0.0366. The topological polar surface area (TPSA) is 66.0 Å². The number of hydrogen-bond acceptors (Lipinski definition) is 6. The van der Waals surface area contributed by atoms with Crippen molar-refractivity contribution in [3.05, 3.63) is 0 Å². The van der Waals surface area contributed by atoms with Gasteiger partial charge >= 0.3 is 5.97 Å². The second kappa shape index (κ2) is 11.0. The molecule has 0 aliphatic rings. The summed E-state index contributed by atoms with van der Waals surface area (Å²) in [4.78, 5) is 11.7. The van der Waals surface area contributed by atoms with E-state index < -0.39 is 5.54 Å². The maximum absolute atomic E-state index is 11.7. The monoisotopic (exact) mass is 291 g/mol. The molecular weight excluding hydrogens is 262 g/mol. The van der Waals surface area contributed by atoms with Gasteiger partial charge in [-0.25, -0.2) is 0 Å². The normalized spacial score (nSPS) is 15.7. The van der Waals surface area contributed by atoms with Crippen LogP contribution in [-0.4, -0.2) is 65.3 Å². The second-order valence-corrected chi connectivity index (χ2v) is 4.92. The third-order valence-electron chi connectivity index (χ3n) is 3.15. The number of likely N-dealkylation sites (N-methyl/N-ethyl adjacent to an activating group) is 1. The van der Waals surface area contributed by atoms with Gasteiger partial charge in [0.2, 0.25) is 0 Å². The lowest BCUT2D eigenvalue weighted by molar-refractivity contribution is -0.149. The highest BCUT2D eigenvalue weighted by molar-refractivity contribution is 5.80. The Bertz CT molecular complexity index is 262. The van der Waals surface area contributed by atoms with Gasteiger partial charge in [0, 0.05) is 26.7 Å². The summed E-state index contributed by atoms with van der Waals surface area (Å²) in [6, 6.07) is 0. The van der Waals surface area contributed by atoms with Gasteiger partial charge in [0.15, 0.2) is 0 Å². The molecule has 20 heavy (non-hydrogen) atoms. The Hall–Kier alpha value is -0.690. The summed E-state index contributed by atoms with van der Waals surface area (Å²) in [6.07, 6.45) is 1.34. The highest BCUT2D eigenvalue weighted by atomic mass is 16.5. The molecule has 0 heterocycles. The molecule has 6 heteroatoms. The highest BCUT2D eigenvalue weighted by Gasteiger charge is 2.34. The van der Waals surface area contributed by atoms with E-state index in [1.54, 1.807) is 14.2 Å². The van der Waals surface area contributed by atoms with Crippen molar-refractivity contribution >= 4 is 5.97 Å². The van der Waals surface area contributed by atoms with Crippen LogP contribution in [0.2, 0.25) is 0 Å². The van der Waals surface area contributed by atoms with Crippen LogP contribution in [0.25, 0.3) is 0 Å². The molecule has 0 radical (unpaired) electrons. The predicted molar refractivity (Wildman–Crippen MR) is 76.8 cm³/mol. The lowest BCUT2D eigenvalue weighted by atomic mass is 9.95. The van der Waals surface area contributed by atoms with E-state index in [4.69, 9.17) is 18.9 Å². The molecule has 0 aliphatic heterocycles. The number of methoxy groups -OCH3 is 2. The zero-order valence-electron chi connectivity index (χ0n) is 13.4. The standard InChI is InChI=1S/C14H29NO5/c1-12(11-14(2,15-3)13(16)18-5)20-8-6-7-19-10-9-17-4/h12,15H,6-11H2,1-5H3. The van der Waals surface area contributed by atoms with E-state index in [-0.39, 0.29) is 12.1 Å². The van der Waals surface area contributed by atoms with E-state index in [0.717, 1.165) is 6.42 Å². The van der Waals surface area contributed by atoms with Gasteiger partial charge in [-0.2, -0.15) is 0 Å². The summed E-state index contributed by atoms with van der Waals surface area (Å²) >= 11 is 0. The molecule has 0 saturated carbocycles. The van der Waals surface area contributed by atoms with Gasteiger partial charge in [0.05, 0.1) is 26.4 Å². The first-order valence-corrected chi connectivity index (χ1v) is 6.95. The van der Waals surface area contributed by atoms with Gasteiger partial charge in [0.1, 0.15) is 5.54 Å². The first kappa shape index (κ1) is 19.3. The molecule has 0 aromatic rings. The number of rotatable bonds is 12. The van der Waals surface area contributed by atoms with Gasteiger partial charge < -0.3 is 24.3 Å². The first-order valence-electron chi connectivity index (χ1n) is 6.95. The van der Waals surface area contributed by atoms with Crippen LogP contribution in [-0.2, 0) is 23.7 Å². The number of carbonyl (C=O) groups excluding carboxylic acids is 1. The van der Waals surface area contributed by atoms with Crippen molar-refractivity contribution in [2.24, 2.45) is 0 Å². The van der Waals surface area contributed by atoms with Gasteiger partial charge in [-0.3, -0.25) is 4.79 Å². The summed E-state index contributed by atoms with van der Waals surface area (Å²) < 4.78 is 20.7. The maximum atomic E-state index is 11.7. The van der Waals surface area contributed by atoms with Crippen molar-refractivity contribution in [1.82, 2.24) is 5.32 Å². The highest BCUT2D eigenvalue weighted by Crippen LogP contribution is 2.16. The van der Waals surface area contributed by atoms with Crippen LogP contribution in [0.4, 0.5) is 0 Å². The van der Waals surface area contributed by atoms with E-state index in [1.165, 1.54) is 7.11 Å². The van der Waals surface area contributed by atoms with Gasteiger partial charge in [-0.15, -0.1) is 0 Å². The zero-order valence-corrected chi connectivity index (χ0v) is 13.4. The lowest BCUT2D eigenvalue weighted by Crippen LogP contribution is -2.50. The molecule has 0 saturated heterocycles. The van der Waals surface area contributed by atoms with Crippen molar-refractivity contribution in [3.8, 4) is 0 Å². The van der Waals surface area contributed by atoms with Crippen molar-refractivity contribution in [1.29, 1.82) is 0 Å². The number of esters is 1. The quantitative estimate of drug-likeness (QED) is 0.427. The Kier molecular flexibility index (Phi) is 10.6. The summed E-state index contributed by atoms with van der Waals surface area (Å²) in [5.41, 5.74) is -0.719. The molecule has 0 aromatic heterocycles. The Morgan fingerprint density at radius 2 is 1.90 bits per heavy atom. The molecule has 1 N–H and O–H groups in total. The van der Waals surface area contributed by atoms with Crippen LogP contribution in [0.3, 0.4) is 0 Å². The summed E-state index contributed by atoms with van der Waals surface area (Å²) in [7, 11) is 4.78. The van der Waals surface area contributed by atoms with Crippen LogP contribution in [0.15, 0.2) is 0 Å². The van der Waals surface area contributed by atoms with E-state index >= 15 is 0 Å². The van der Waals surface area contributed by atoms with Gasteiger partial charge in [0.25, 0.3) is 0 Å². The average Bonchev–Trinajstić information content (AvgIpc) is 2.45. The number of ether oxygens (including phenoxy) is 4. The lowest BCUT2D eigenvalue weighted by Gasteiger charge is -2.29. The van der Waals surface area contributed by atoms with Crippen LogP contribution in [0.1, 0.15) is 26.7 Å². The molecule has 2 atom stereocenters. The van der Waals surface area contributed by atoms with Crippen LogP contribution in [0.5, 0.6) is 0 Å². The van der Waals surface area contributed by atoms with E-state index in [9.17, 15) is 4.79 Å². The Morgan fingerprint density at radius 1 is 1.20 bits per heavy atom. The molecule has 120 valence electrons. The number of nitrogens with one attached hydrogen (secondary N) is 1. The molecule has 0 spiro atoms. The molecule has 0 amide bonds. The fraction of sp³-hybridized carbons (Fsp3) is 0.929. The summed E-state index contributed by atoms with van der Waals surface area (Å²) in [6.45, 7) is 6.23. The number of carbonyl (C=O) groups is 1. The van der Waals surface area contributed by atoms with Crippen molar-refractivity contribution in [2.75, 3.05) is 47.7 Å². The van der Waals surface area contributed by atoms with Gasteiger partial charge in [-0.05, 0) is 27.3 Å². The van der Waals surface area contributed by atoms with Crippen LogP contribution in [0, 0.1) is 0 Å². The molecule has 0 aromatic carbocycles. The molecule has 0 aliphatic carbocycles. The maximum Gasteiger partial charge on any atom is 0.325 e. The number of hydrogen-bond donors (Lipinski definition) is 1. The molecule has 6 nitrogen and oxygen atoms in total. The summed E-state index contributed by atoms with van der Waals surface area (Å²) in [5.74, 6) is -0.279. The van der Waals surface area contributed by atoms with E-state index in [0.29, 0.717) is 32.8 Å². The Balaban J connectivity index is 3.81. The minimum atomic E-state index is -0.719. The van der Waals surface area contributed by atoms with Crippen LogP contribution < -0.4 is 5.32 Å². The average molecular weight is 291 g/mol. The van der Waals surface area contributed by atoms with Crippen molar-refractivity contribution in [2.45, 2.75) is 38.3 Å². The van der Waals surface area contributed by atoms with Gasteiger partial charge in [-0.1, -0.05) is 0 Å². The van der Waals surface area contributed by atoms with E-state index in [2.05, 4.69) is 5.32 Å². The molecule has 0 bridgehead atoms. The molecular formula is C14H29NO5. The third-order valence-corrected chi connectivity index (χ3v) is 3.15. The third kappa shape index (κ3) is 7.79. The zero-order chi connectivity index (χ0) is 15.4. The second-order valence-electron chi connectivity index (χ2n) is 4.92. The van der Waals surface area contributed by atoms with Crippen molar-refractivity contribution < 1.29 is 23.7 Å². The first-order chi connectivity index (χ1) is 9.50. The Morgan fingerprint density at radius 3 is 2.45 bits per heavy atom. The molecule has 0 fully saturated rings.